The van der Waals surface area contributed by atoms with Gasteiger partial charge in [0.2, 0.25) is 5.82 Å². The van der Waals surface area contributed by atoms with Crippen molar-refractivity contribution in [2.75, 3.05) is 12.4 Å². The van der Waals surface area contributed by atoms with Gasteiger partial charge in [-0.05, 0) is 55.5 Å². The second-order valence-corrected chi connectivity index (χ2v) is 6.60. The number of hydrogen-bond donors (Lipinski definition) is 1. The summed E-state index contributed by atoms with van der Waals surface area (Å²) in [7, 11) is 1.26. The van der Waals surface area contributed by atoms with Gasteiger partial charge < -0.3 is 10.1 Å². The SMILES string of the molecule is COc1ccc(-n2nnnc2-c2cccnc2NC(C)(C)C)c(F)c1F. The lowest BCUT2D eigenvalue weighted by atomic mass is 10.1. The van der Waals surface area contributed by atoms with Crippen LogP contribution in [0.25, 0.3) is 17.1 Å². The molecule has 0 bridgehead atoms. The van der Waals surface area contributed by atoms with Gasteiger partial charge in [-0.15, -0.1) is 5.10 Å². The molecule has 0 unspecified atom stereocenters. The Morgan fingerprint density at radius 1 is 1.12 bits per heavy atom. The number of pyridine rings is 1. The van der Waals surface area contributed by atoms with Gasteiger partial charge in [-0.3, -0.25) is 0 Å². The molecular weight excluding hydrogens is 342 g/mol. The Morgan fingerprint density at radius 2 is 1.88 bits per heavy atom. The summed E-state index contributed by atoms with van der Waals surface area (Å²) in [5.41, 5.74) is 0.163. The van der Waals surface area contributed by atoms with E-state index in [4.69, 9.17) is 4.74 Å². The van der Waals surface area contributed by atoms with Crippen LogP contribution in [0.1, 0.15) is 20.8 Å². The van der Waals surface area contributed by atoms with E-state index in [9.17, 15) is 8.78 Å². The summed E-state index contributed by atoms with van der Waals surface area (Å²) in [4.78, 5) is 4.31. The number of methoxy groups -OCH3 is 1. The Hall–Kier alpha value is -3.10. The number of nitrogens with one attached hydrogen (secondary N) is 1. The third kappa shape index (κ3) is 3.32. The average Bonchev–Trinajstić information content (AvgIpc) is 3.05. The number of halogens is 2. The monoisotopic (exact) mass is 360 g/mol. The first kappa shape index (κ1) is 17.7. The minimum absolute atomic E-state index is 0.131. The summed E-state index contributed by atoms with van der Waals surface area (Å²) in [6, 6.07) is 6.13. The van der Waals surface area contributed by atoms with Gasteiger partial charge in [0.1, 0.15) is 11.5 Å². The van der Waals surface area contributed by atoms with Crippen LogP contribution in [0.3, 0.4) is 0 Å². The van der Waals surface area contributed by atoms with E-state index in [2.05, 4.69) is 25.8 Å². The molecule has 0 aliphatic heterocycles. The number of aromatic nitrogens is 5. The molecular formula is C17H18F2N6O. The lowest BCUT2D eigenvalue weighted by Crippen LogP contribution is -2.27. The first-order valence-corrected chi connectivity index (χ1v) is 7.86. The highest BCUT2D eigenvalue weighted by atomic mass is 19.2. The Labute approximate surface area is 149 Å². The van der Waals surface area contributed by atoms with Gasteiger partial charge in [0.25, 0.3) is 0 Å². The largest absolute Gasteiger partial charge is 0.494 e. The van der Waals surface area contributed by atoms with E-state index in [1.807, 2.05) is 20.8 Å². The molecule has 1 aromatic carbocycles. The van der Waals surface area contributed by atoms with Gasteiger partial charge in [0, 0.05) is 11.7 Å². The molecule has 0 amide bonds. The zero-order valence-corrected chi connectivity index (χ0v) is 14.8. The van der Waals surface area contributed by atoms with Crippen LogP contribution in [-0.2, 0) is 0 Å². The molecule has 3 rings (SSSR count). The molecule has 0 atom stereocenters. The van der Waals surface area contributed by atoms with Crippen LogP contribution >= 0.6 is 0 Å². The first-order valence-electron chi connectivity index (χ1n) is 7.86. The van der Waals surface area contributed by atoms with Crippen molar-refractivity contribution in [3.8, 4) is 22.8 Å². The average molecular weight is 360 g/mol. The number of hydrogen-bond acceptors (Lipinski definition) is 6. The molecule has 0 aliphatic carbocycles. The van der Waals surface area contributed by atoms with Crippen molar-refractivity contribution in [2.24, 2.45) is 0 Å². The molecule has 0 spiro atoms. The van der Waals surface area contributed by atoms with E-state index in [1.54, 1.807) is 18.3 Å². The van der Waals surface area contributed by atoms with Crippen LogP contribution in [0.15, 0.2) is 30.5 Å². The van der Waals surface area contributed by atoms with Crippen LogP contribution in [0.5, 0.6) is 5.75 Å². The molecule has 0 fully saturated rings. The van der Waals surface area contributed by atoms with Crippen LogP contribution < -0.4 is 10.1 Å². The first-order chi connectivity index (χ1) is 12.3. The van der Waals surface area contributed by atoms with Crippen LogP contribution in [-0.4, -0.2) is 37.8 Å². The molecule has 7 nitrogen and oxygen atoms in total. The molecule has 136 valence electrons. The summed E-state index contributed by atoms with van der Waals surface area (Å²) in [6.07, 6.45) is 1.62. The van der Waals surface area contributed by atoms with Crippen LogP contribution in [0.2, 0.25) is 0 Å². The highest BCUT2D eigenvalue weighted by Crippen LogP contribution is 2.30. The van der Waals surface area contributed by atoms with Crippen LogP contribution in [0, 0.1) is 11.6 Å². The normalized spacial score (nSPS) is 11.5. The van der Waals surface area contributed by atoms with Gasteiger partial charge >= 0.3 is 0 Å². The lowest BCUT2D eigenvalue weighted by Gasteiger charge is -2.22. The van der Waals surface area contributed by atoms with Crippen molar-refractivity contribution in [3.05, 3.63) is 42.1 Å². The summed E-state index contributed by atoms with van der Waals surface area (Å²) in [6.45, 7) is 5.94. The van der Waals surface area contributed by atoms with Crippen LogP contribution in [0.4, 0.5) is 14.6 Å². The second kappa shape index (κ2) is 6.66. The number of rotatable bonds is 4. The van der Waals surface area contributed by atoms with Gasteiger partial charge in [-0.2, -0.15) is 9.07 Å². The van der Waals surface area contributed by atoms with Crippen molar-refractivity contribution >= 4 is 5.82 Å². The molecule has 2 heterocycles. The second-order valence-electron chi connectivity index (χ2n) is 6.60. The van der Waals surface area contributed by atoms with Gasteiger partial charge in [-0.25, -0.2) is 9.37 Å². The molecule has 2 aromatic heterocycles. The maximum absolute atomic E-state index is 14.5. The molecule has 0 saturated heterocycles. The molecule has 0 radical (unpaired) electrons. The molecule has 26 heavy (non-hydrogen) atoms. The van der Waals surface area contributed by atoms with E-state index in [1.165, 1.54) is 19.2 Å². The third-order valence-electron chi connectivity index (χ3n) is 3.49. The van der Waals surface area contributed by atoms with Gasteiger partial charge in [0.05, 0.1) is 12.7 Å². The van der Waals surface area contributed by atoms with Gasteiger partial charge in [0.15, 0.2) is 17.4 Å². The molecule has 9 heteroatoms. The smallest absolute Gasteiger partial charge is 0.202 e. The minimum atomic E-state index is -1.11. The van der Waals surface area contributed by atoms with E-state index >= 15 is 0 Å². The fourth-order valence-corrected chi connectivity index (χ4v) is 2.40. The Morgan fingerprint density at radius 3 is 2.58 bits per heavy atom. The van der Waals surface area contributed by atoms with E-state index in [0.717, 1.165) is 4.68 Å². The third-order valence-corrected chi connectivity index (χ3v) is 3.49. The zero-order valence-electron chi connectivity index (χ0n) is 14.8. The zero-order chi connectivity index (χ0) is 18.9. The van der Waals surface area contributed by atoms with Crippen molar-refractivity contribution in [3.63, 3.8) is 0 Å². The van der Waals surface area contributed by atoms with Gasteiger partial charge in [-0.1, -0.05) is 0 Å². The summed E-state index contributed by atoms with van der Waals surface area (Å²) < 4.78 is 34.5. The predicted octanol–water partition coefficient (Wildman–Crippen LogP) is 3.22. The fourth-order valence-electron chi connectivity index (χ4n) is 2.40. The summed E-state index contributed by atoms with van der Waals surface area (Å²) in [5.74, 6) is -1.64. The summed E-state index contributed by atoms with van der Waals surface area (Å²) in [5, 5.41) is 14.6. The van der Waals surface area contributed by atoms with E-state index in [-0.39, 0.29) is 22.8 Å². The summed E-state index contributed by atoms with van der Waals surface area (Å²) >= 11 is 0. The van der Waals surface area contributed by atoms with Crippen molar-refractivity contribution in [1.82, 2.24) is 25.2 Å². The quantitative estimate of drug-likeness (QED) is 0.770. The highest BCUT2D eigenvalue weighted by Gasteiger charge is 2.22. The number of benzene rings is 1. The van der Waals surface area contributed by atoms with E-state index < -0.39 is 11.6 Å². The Kier molecular flexibility index (Phi) is 4.54. The molecule has 0 saturated carbocycles. The number of tetrazole rings is 1. The Bertz CT molecular complexity index is 935. The standard InChI is InChI=1S/C17H18F2N6O/c1-17(2,3)21-15-10(6-5-9-20-15)16-22-23-24-25(16)11-7-8-12(26-4)14(19)13(11)18/h5-9H,1-4H3,(H,20,21). The predicted molar refractivity (Wildman–Crippen MR) is 92.2 cm³/mol. The topological polar surface area (TPSA) is 77.8 Å². The number of nitrogens with zero attached hydrogens (tertiary/aromatic N) is 5. The van der Waals surface area contributed by atoms with Crippen molar-refractivity contribution in [1.29, 1.82) is 0 Å². The molecule has 3 aromatic rings. The number of anilines is 1. The number of ether oxygens (including phenoxy) is 1. The molecule has 0 aliphatic rings. The fraction of sp³-hybridized carbons (Fsp3) is 0.294. The Balaban J connectivity index is 2.13. The maximum Gasteiger partial charge on any atom is 0.202 e. The molecule has 1 N–H and O–H groups in total. The highest BCUT2D eigenvalue weighted by molar-refractivity contribution is 5.71. The minimum Gasteiger partial charge on any atom is -0.494 e. The van der Waals surface area contributed by atoms with Crippen molar-refractivity contribution < 1.29 is 13.5 Å². The van der Waals surface area contributed by atoms with E-state index in [0.29, 0.717) is 11.4 Å². The maximum atomic E-state index is 14.5. The van der Waals surface area contributed by atoms with Crippen molar-refractivity contribution in [2.45, 2.75) is 26.3 Å². The lowest BCUT2D eigenvalue weighted by molar-refractivity contribution is 0.371.